The number of nitrogens with one attached hydrogen (secondary N) is 1. The van der Waals surface area contributed by atoms with Crippen LogP contribution in [0.2, 0.25) is 0 Å². The normalized spacial score (nSPS) is 20.7. The SMILES string of the molecule is O=C(Cn1nnc(N2CCOCC2)n1)NCC1CCCN(c2nccs2)C1. The van der Waals surface area contributed by atoms with Gasteiger partial charge in [0.25, 0.3) is 5.95 Å². The average molecular weight is 392 g/mol. The second kappa shape index (κ2) is 8.61. The first-order chi connectivity index (χ1) is 13.3. The molecule has 2 aliphatic heterocycles. The van der Waals surface area contributed by atoms with Crippen molar-refractivity contribution in [2.75, 3.05) is 55.7 Å². The standard InChI is InChI=1S/C16H24N8O2S/c25-14(12-24-20-15(19-21-24)22-5-7-26-8-6-22)18-10-13-2-1-4-23(11-13)16-17-3-9-27-16/h3,9,13H,1-2,4-8,10-12H2,(H,18,25). The van der Waals surface area contributed by atoms with Gasteiger partial charge in [-0.25, -0.2) is 4.98 Å². The average Bonchev–Trinajstić information content (AvgIpc) is 3.40. The Kier molecular flexibility index (Phi) is 5.78. The lowest BCUT2D eigenvalue weighted by Gasteiger charge is -2.32. The fraction of sp³-hybridized carbons (Fsp3) is 0.688. The molecule has 2 aromatic rings. The van der Waals surface area contributed by atoms with Crippen molar-refractivity contribution in [1.29, 1.82) is 0 Å². The van der Waals surface area contributed by atoms with Crippen LogP contribution in [0.1, 0.15) is 12.8 Å². The second-order valence-corrected chi connectivity index (χ2v) is 7.67. The summed E-state index contributed by atoms with van der Waals surface area (Å²) in [6.45, 7) is 5.51. The fourth-order valence-corrected chi connectivity index (χ4v) is 4.09. The molecular formula is C16H24N8O2S. The minimum absolute atomic E-state index is 0.0836. The van der Waals surface area contributed by atoms with Crippen LogP contribution in [-0.4, -0.2) is 77.0 Å². The molecule has 0 radical (unpaired) electrons. The van der Waals surface area contributed by atoms with Gasteiger partial charge in [0.15, 0.2) is 5.13 Å². The van der Waals surface area contributed by atoms with E-state index in [1.54, 1.807) is 11.3 Å². The third-order valence-electron chi connectivity index (χ3n) is 4.82. The number of carbonyl (C=O) groups is 1. The Morgan fingerprint density at radius 3 is 3.00 bits per heavy atom. The third kappa shape index (κ3) is 4.72. The summed E-state index contributed by atoms with van der Waals surface area (Å²) < 4.78 is 5.32. The van der Waals surface area contributed by atoms with E-state index >= 15 is 0 Å². The van der Waals surface area contributed by atoms with Gasteiger partial charge in [-0.05, 0) is 24.0 Å². The third-order valence-corrected chi connectivity index (χ3v) is 5.65. The number of piperidine rings is 1. The zero-order chi connectivity index (χ0) is 18.5. The molecule has 146 valence electrons. The lowest BCUT2D eigenvalue weighted by Crippen LogP contribution is -2.41. The first-order valence-corrected chi connectivity index (χ1v) is 10.2. The van der Waals surface area contributed by atoms with Gasteiger partial charge in [0, 0.05) is 44.3 Å². The molecule has 1 unspecified atom stereocenters. The molecule has 2 aliphatic rings. The van der Waals surface area contributed by atoms with Crippen LogP contribution in [0.15, 0.2) is 11.6 Å². The van der Waals surface area contributed by atoms with E-state index in [-0.39, 0.29) is 12.5 Å². The van der Waals surface area contributed by atoms with Crippen molar-refractivity contribution in [2.45, 2.75) is 19.4 Å². The predicted molar refractivity (Wildman–Crippen MR) is 101 cm³/mol. The molecule has 1 atom stereocenters. The van der Waals surface area contributed by atoms with Crippen molar-refractivity contribution in [3.05, 3.63) is 11.6 Å². The Morgan fingerprint density at radius 1 is 1.30 bits per heavy atom. The van der Waals surface area contributed by atoms with Crippen molar-refractivity contribution < 1.29 is 9.53 Å². The van der Waals surface area contributed by atoms with E-state index in [4.69, 9.17) is 4.74 Å². The minimum atomic E-state index is -0.0905. The van der Waals surface area contributed by atoms with Crippen LogP contribution in [0.25, 0.3) is 0 Å². The van der Waals surface area contributed by atoms with E-state index in [1.807, 2.05) is 16.5 Å². The van der Waals surface area contributed by atoms with Crippen LogP contribution in [-0.2, 0) is 16.1 Å². The van der Waals surface area contributed by atoms with Crippen molar-refractivity contribution in [2.24, 2.45) is 5.92 Å². The van der Waals surface area contributed by atoms with E-state index in [1.165, 1.54) is 4.80 Å². The lowest BCUT2D eigenvalue weighted by atomic mass is 9.98. The summed E-state index contributed by atoms with van der Waals surface area (Å²) in [5.74, 6) is 0.893. The van der Waals surface area contributed by atoms with Crippen LogP contribution in [0.4, 0.5) is 11.1 Å². The van der Waals surface area contributed by atoms with Crippen molar-refractivity contribution >= 4 is 28.3 Å². The highest BCUT2D eigenvalue weighted by Crippen LogP contribution is 2.24. The molecule has 1 amide bonds. The van der Waals surface area contributed by atoms with E-state index in [9.17, 15) is 4.79 Å². The number of anilines is 2. The van der Waals surface area contributed by atoms with E-state index in [0.29, 0.717) is 31.6 Å². The Bertz CT molecular complexity index is 731. The fourth-order valence-electron chi connectivity index (χ4n) is 3.41. The Balaban J connectivity index is 1.23. The van der Waals surface area contributed by atoms with Crippen LogP contribution in [0.5, 0.6) is 0 Å². The Hall–Kier alpha value is -2.27. The molecule has 2 fully saturated rings. The molecule has 2 saturated heterocycles. The number of hydrogen-bond acceptors (Lipinski definition) is 9. The molecule has 2 aromatic heterocycles. The van der Waals surface area contributed by atoms with Crippen molar-refractivity contribution in [3.8, 4) is 0 Å². The summed E-state index contributed by atoms with van der Waals surface area (Å²) in [5.41, 5.74) is 0. The van der Waals surface area contributed by atoms with Gasteiger partial charge in [-0.2, -0.15) is 4.80 Å². The number of hydrogen-bond donors (Lipinski definition) is 1. The number of thiazole rings is 1. The number of morpholine rings is 1. The molecule has 4 heterocycles. The van der Waals surface area contributed by atoms with Gasteiger partial charge in [0.05, 0.1) is 13.2 Å². The number of amides is 1. The molecule has 11 heteroatoms. The molecule has 0 aliphatic carbocycles. The summed E-state index contributed by atoms with van der Waals surface area (Å²) in [7, 11) is 0. The van der Waals surface area contributed by atoms with Gasteiger partial charge < -0.3 is 19.9 Å². The van der Waals surface area contributed by atoms with E-state index in [0.717, 1.165) is 44.2 Å². The zero-order valence-corrected chi connectivity index (χ0v) is 16.0. The smallest absolute Gasteiger partial charge is 0.266 e. The maximum Gasteiger partial charge on any atom is 0.266 e. The van der Waals surface area contributed by atoms with Gasteiger partial charge in [-0.15, -0.1) is 16.4 Å². The molecule has 10 nitrogen and oxygen atoms in total. The highest BCUT2D eigenvalue weighted by Gasteiger charge is 2.22. The number of nitrogens with zero attached hydrogens (tertiary/aromatic N) is 7. The Morgan fingerprint density at radius 2 is 2.19 bits per heavy atom. The van der Waals surface area contributed by atoms with E-state index in [2.05, 4.69) is 30.6 Å². The number of carbonyl (C=O) groups excluding carboxylic acids is 1. The van der Waals surface area contributed by atoms with Crippen LogP contribution < -0.4 is 15.1 Å². The summed E-state index contributed by atoms with van der Waals surface area (Å²) in [6, 6.07) is 0. The number of ether oxygens (including phenoxy) is 1. The first kappa shape index (κ1) is 18.1. The van der Waals surface area contributed by atoms with Gasteiger partial charge in [-0.1, -0.05) is 5.10 Å². The maximum absolute atomic E-state index is 12.3. The highest BCUT2D eigenvalue weighted by molar-refractivity contribution is 7.13. The van der Waals surface area contributed by atoms with Gasteiger partial charge >= 0.3 is 0 Å². The molecule has 0 aromatic carbocycles. The van der Waals surface area contributed by atoms with Crippen LogP contribution in [0.3, 0.4) is 0 Å². The molecule has 1 N–H and O–H groups in total. The highest BCUT2D eigenvalue weighted by atomic mass is 32.1. The molecule has 4 rings (SSSR count). The zero-order valence-electron chi connectivity index (χ0n) is 15.2. The molecule has 0 bridgehead atoms. The number of aromatic nitrogens is 5. The summed E-state index contributed by atoms with van der Waals surface area (Å²) >= 11 is 1.66. The number of rotatable bonds is 6. The van der Waals surface area contributed by atoms with Crippen molar-refractivity contribution in [1.82, 2.24) is 30.5 Å². The van der Waals surface area contributed by atoms with Gasteiger partial charge in [0.2, 0.25) is 5.91 Å². The predicted octanol–water partition coefficient (Wildman–Crippen LogP) is -0.001000. The molecule has 0 saturated carbocycles. The summed E-state index contributed by atoms with van der Waals surface area (Å²) in [4.78, 5) is 22.3. The van der Waals surface area contributed by atoms with Crippen LogP contribution in [0, 0.1) is 5.92 Å². The molecule has 27 heavy (non-hydrogen) atoms. The molecule has 0 spiro atoms. The van der Waals surface area contributed by atoms with Gasteiger partial charge in [-0.3, -0.25) is 4.79 Å². The minimum Gasteiger partial charge on any atom is -0.378 e. The summed E-state index contributed by atoms with van der Waals surface area (Å²) in [5, 5.41) is 18.4. The first-order valence-electron chi connectivity index (χ1n) is 9.29. The monoisotopic (exact) mass is 392 g/mol. The number of tetrazole rings is 1. The summed E-state index contributed by atoms with van der Waals surface area (Å²) in [6.07, 6.45) is 4.07. The quantitative estimate of drug-likeness (QED) is 0.733. The van der Waals surface area contributed by atoms with Crippen molar-refractivity contribution in [3.63, 3.8) is 0 Å². The largest absolute Gasteiger partial charge is 0.378 e. The topological polar surface area (TPSA) is 101 Å². The van der Waals surface area contributed by atoms with Gasteiger partial charge in [0.1, 0.15) is 6.54 Å². The lowest BCUT2D eigenvalue weighted by molar-refractivity contribution is -0.122. The molecular weight excluding hydrogens is 368 g/mol. The van der Waals surface area contributed by atoms with Crippen LogP contribution >= 0.6 is 11.3 Å². The maximum atomic E-state index is 12.3. The second-order valence-electron chi connectivity index (χ2n) is 6.79. The van der Waals surface area contributed by atoms with E-state index < -0.39 is 0 Å². The Labute approximate surface area is 161 Å².